The fraction of sp³-hybridized carbons (Fsp3) is 0.333. The quantitative estimate of drug-likeness (QED) is 0.895. The van der Waals surface area contributed by atoms with Crippen LogP contribution in [0.15, 0.2) is 20.9 Å². The van der Waals surface area contributed by atoms with Crippen LogP contribution in [0.3, 0.4) is 0 Å². The zero-order valence-corrected chi connectivity index (χ0v) is 10.2. The van der Waals surface area contributed by atoms with Crippen molar-refractivity contribution in [1.82, 2.24) is 14.8 Å². The molecule has 2 rings (SSSR count). The van der Waals surface area contributed by atoms with E-state index in [1.807, 2.05) is 17.0 Å². The van der Waals surface area contributed by atoms with Gasteiger partial charge in [-0.1, -0.05) is 0 Å². The Morgan fingerprint density at radius 2 is 2.40 bits per heavy atom. The van der Waals surface area contributed by atoms with E-state index in [4.69, 9.17) is 5.73 Å². The summed E-state index contributed by atoms with van der Waals surface area (Å²) in [5, 5.41) is 7.30. The Morgan fingerprint density at radius 1 is 1.60 bits per heavy atom. The summed E-state index contributed by atoms with van der Waals surface area (Å²) in [7, 11) is 0. The van der Waals surface area contributed by atoms with E-state index in [1.54, 1.807) is 29.3 Å². The number of thiazole rings is 1. The summed E-state index contributed by atoms with van der Waals surface area (Å²) in [5.74, 6) is 0. The molecule has 0 bridgehead atoms. The molecule has 2 heterocycles. The van der Waals surface area contributed by atoms with Crippen LogP contribution < -0.4 is 5.73 Å². The molecule has 0 aromatic carbocycles. The van der Waals surface area contributed by atoms with Crippen LogP contribution in [-0.2, 0) is 6.54 Å². The van der Waals surface area contributed by atoms with Crippen molar-refractivity contribution < 1.29 is 0 Å². The number of aryl methyl sites for hydroxylation is 2. The Balaban J connectivity index is 2.34. The second-order valence-electron chi connectivity index (χ2n) is 3.02. The normalized spacial score (nSPS) is 10.8. The predicted octanol–water partition coefficient (Wildman–Crippen LogP) is 2.40. The minimum Gasteiger partial charge on any atom is -0.395 e. The van der Waals surface area contributed by atoms with Crippen LogP contribution in [0, 0.1) is 6.92 Å². The third-order valence-corrected chi connectivity index (χ3v) is 4.03. The summed E-state index contributed by atoms with van der Waals surface area (Å²) < 4.78 is 2.91. The van der Waals surface area contributed by atoms with E-state index in [0.29, 0.717) is 0 Å². The molecule has 0 spiro atoms. The molecule has 0 saturated carbocycles. The van der Waals surface area contributed by atoms with Crippen LogP contribution in [0.2, 0.25) is 0 Å². The molecule has 80 valence electrons. The molecule has 0 aliphatic carbocycles. The predicted molar refractivity (Wildman–Crippen MR) is 63.3 cm³/mol. The molecule has 0 aliphatic heterocycles. The SMILES string of the molecule is CCn1nc(C)c(N)c1Sc1nccs1. The Labute approximate surface area is 96.5 Å². The molecule has 0 fully saturated rings. The van der Waals surface area contributed by atoms with Crippen LogP contribution in [0.25, 0.3) is 0 Å². The van der Waals surface area contributed by atoms with Crippen LogP contribution >= 0.6 is 23.1 Å². The van der Waals surface area contributed by atoms with Gasteiger partial charge >= 0.3 is 0 Å². The van der Waals surface area contributed by atoms with Gasteiger partial charge in [0.25, 0.3) is 0 Å². The molecule has 2 aromatic heterocycles. The first-order chi connectivity index (χ1) is 7.22. The molecule has 2 aromatic rings. The Kier molecular flexibility index (Phi) is 2.97. The molecule has 0 atom stereocenters. The maximum Gasteiger partial charge on any atom is 0.156 e. The fourth-order valence-corrected chi connectivity index (χ4v) is 3.01. The summed E-state index contributed by atoms with van der Waals surface area (Å²) >= 11 is 3.19. The monoisotopic (exact) mass is 240 g/mol. The number of rotatable bonds is 3. The third kappa shape index (κ3) is 2.00. The lowest BCUT2D eigenvalue weighted by atomic mass is 10.4. The van der Waals surface area contributed by atoms with E-state index < -0.39 is 0 Å². The molecule has 0 unspecified atom stereocenters. The molecule has 15 heavy (non-hydrogen) atoms. The van der Waals surface area contributed by atoms with Gasteiger partial charge in [0.15, 0.2) is 4.34 Å². The third-order valence-electron chi connectivity index (χ3n) is 2.02. The van der Waals surface area contributed by atoms with Crippen molar-refractivity contribution in [3.63, 3.8) is 0 Å². The molecule has 6 heteroatoms. The van der Waals surface area contributed by atoms with Crippen molar-refractivity contribution in [2.75, 3.05) is 5.73 Å². The van der Waals surface area contributed by atoms with Gasteiger partial charge in [-0.05, 0) is 25.6 Å². The summed E-state index contributed by atoms with van der Waals surface area (Å²) in [4.78, 5) is 4.22. The van der Waals surface area contributed by atoms with Crippen LogP contribution in [0.4, 0.5) is 5.69 Å². The summed E-state index contributed by atoms with van der Waals surface area (Å²) in [6, 6.07) is 0. The zero-order chi connectivity index (χ0) is 10.8. The van der Waals surface area contributed by atoms with Gasteiger partial charge in [-0.3, -0.25) is 4.68 Å². The van der Waals surface area contributed by atoms with Crippen LogP contribution in [0.5, 0.6) is 0 Å². The molecule has 0 saturated heterocycles. The molecule has 0 amide bonds. The second kappa shape index (κ2) is 4.24. The summed E-state index contributed by atoms with van der Waals surface area (Å²) in [6.45, 7) is 4.80. The number of hydrogen-bond donors (Lipinski definition) is 1. The van der Waals surface area contributed by atoms with Crippen molar-refractivity contribution in [1.29, 1.82) is 0 Å². The minimum absolute atomic E-state index is 0.761. The Hall–Kier alpha value is -1.01. The molecule has 0 radical (unpaired) electrons. The highest BCUT2D eigenvalue weighted by molar-refractivity contribution is 8.01. The molecular formula is C9H12N4S2. The fourth-order valence-electron chi connectivity index (χ4n) is 1.24. The van der Waals surface area contributed by atoms with Gasteiger partial charge in [0.05, 0.1) is 11.4 Å². The van der Waals surface area contributed by atoms with Gasteiger partial charge in [0, 0.05) is 18.1 Å². The molecule has 0 aliphatic rings. The van der Waals surface area contributed by atoms with Crippen molar-refractivity contribution in [2.24, 2.45) is 0 Å². The lowest BCUT2D eigenvalue weighted by Gasteiger charge is -2.02. The zero-order valence-electron chi connectivity index (χ0n) is 8.60. The molecule has 2 N–H and O–H groups in total. The summed E-state index contributed by atoms with van der Waals surface area (Å²) in [5.41, 5.74) is 7.61. The van der Waals surface area contributed by atoms with E-state index in [9.17, 15) is 0 Å². The first-order valence-corrected chi connectivity index (χ1v) is 6.32. The van der Waals surface area contributed by atoms with Gasteiger partial charge in [-0.25, -0.2) is 4.98 Å². The first kappa shape index (κ1) is 10.5. The van der Waals surface area contributed by atoms with Crippen molar-refractivity contribution in [3.8, 4) is 0 Å². The van der Waals surface area contributed by atoms with Crippen LogP contribution in [-0.4, -0.2) is 14.8 Å². The highest BCUT2D eigenvalue weighted by Crippen LogP contribution is 2.34. The Bertz CT molecular complexity index is 447. The van der Waals surface area contributed by atoms with Crippen LogP contribution in [0.1, 0.15) is 12.6 Å². The van der Waals surface area contributed by atoms with E-state index in [-0.39, 0.29) is 0 Å². The van der Waals surface area contributed by atoms with Crippen molar-refractivity contribution >= 4 is 28.8 Å². The summed E-state index contributed by atoms with van der Waals surface area (Å²) in [6.07, 6.45) is 1.79. The standard InChI is InChI=1S/C9H12N4S2/c1-3-13-8(7(10)6(2)12-13)15-9-11-4-5-14-9/h4-5H,3,10H2,1-2H3. The largest absolute Gasteiger partial charge is 0.395 e. The maximum atomic E-state index is 5.97. The lowest BCUT2D eigenvalue weighted by Crippen LogP contribution is -1.98. The maximum absolute atomic E-state index is 5.97. The number of aromatic nitrogens is 3. The van der Waals surface area contributed by atoms with E-state index in [0.717, 1.165) is 27.3 Å². The smallest absolute Gasteiger partial charge is 0.156 e. The van der Waals surface area contributed by atoms with Gasteiger partial charge in [-0.2, -0.15) is 5.10 Å². The topological polar surface area (TPSA) is 56.7 Å². The second-order valence-corrected chi connectivity index (χ2v) is 5.15. The highest BCUT2D eigenvalue weighted by atomic mass is 32.2. The number of nitrogens with two attached hydrogens (primary N) is 1. The van der Waals surface area contributed by atoms with E-state index in [2.05, 4.69) is 17.0 Å². The number of nitrogen functional groups attached to an aromatic ring is 1. The molecular weight excluding hydrogens is 228 g/mol. The van der Waals surface area contributed by atoms with Gasteiger partial charge < -0.3 is 5.73 Å². The molecule has 4 nitrogen and oxygen atoms in total. The van der Waals surface area contributed by atoms with Gasteiger partial charge in [0.1, 0.15) is 5.03 Å². The van der Waals surface area contributed by atoms with Gasteiger partial charge in [0.2, 0.25) is 0 Å². The average molecular weight is 240 g/mol. The first-order valence-electron chi connectivity index (χ1n) is 4.62. The van der Waals surface area contributed by atoms with Crippen molar-refractivity contribution in [3.05, 3.63) is 17.3 Å². The minimum atomic E-state index is 0.761. The highest BCUT2D eigenvalue weighted by Gasteiger charge is 2.13. The Morgan fingerprint density at radius 3 is 3.00 bits per heavy atom. The number of hydrogen-bond acceptors (Lipinski definition) is 5. The van der Waals surface area contributed by atoms with E-state index >= 15 is 0 Å². The number of anilines is 1. The van der Waals surface area contributed by atoms with Gasteiger partial charge in [-0.15, -0.1) is 11.3 Å². The van der Waals surface area contributed by atoms with Crippen molar-refractivity contribution in [2.45, 2.75) is 29.8 Å². The number of nitrogens with zero attached hydrogens (tertiary/aromatic N) is 3. The average Bonchev–Trinajstić information content (AvgIpc) is 2.82. The van der Waals surface area contributed by atoms with E-state index in [1.165, 1.54) is 0 Å². The lowest BCUT2D eigenvalue weighted by molar-refractivity contribution is 0.602.